The number of hydrogen-bond acceptors (Lipinski definition) is 2. The number of likely N-dealkylation sites (N-methyl/N-ethyl adjacent to an activating group) is 1. The molecule has 2 aromatic carbocycles. The molecule has 0 fully saturated rings. The number of nitrogens with zero attached hydrogens (tertiary/aromatic N) is 2. The van der Waals surface area contributed by atoms with Gasteiger partial charge in [0.05, 0.1) is 11.6 Å². The molecule has 0 aromatic heterocycles. The fourth-order valence-electron chi connectivity index (χ4n) is 3.48. The highest BCUT2D eigenvalue weighted by molar-refractivity contribution is 7.80. The second kappa shape index (κ2) is 8.35. The van der Waals surface area contributed by atoms with Crippen LogP contribution in [0.15, 0.2) is 71.9 Å². The maximum atomic E-state index is 13.4. The summed E-state index contributed by atoms with van der Waals surface area (Å²) < 4.78 is 0. The number of benzene rings is 2. The molecule has 1 aliphatic heterocycles. The SMILES string of the molecule is CCN(CC)C(=O)C1=C(C)N(c2ccccc2)C(=S)N[C@H]1c1ccccc1. The standard InChI is InChI=1S/C22H25N3OS/c1-4-24(5-2)21(26)19-16(3)25(18-14-10-7-11-15-18)22(27)23-20(19)17-12-8-6-9-13-17/h6-15,20H,4-5H2,1-3H3,(H,23,27)/t20-/m0/s1. The Hall–Kier alpha value is -2.66. The van der Waals surface area contributed by atoms with Crippen molar-refractivity contribution in [1.82, 2.24) is 10.2 Å². The minimum atomic E-state index is -0.258. The first-order valence-electron chi connectivity index (χ1n) is 9.29. The smallest absolute Gasteiger partial charge is 0.253 e. The molecule has 2 aromatic rings. The Morgan fingerprint density at radius 1 is 1.04 bits per heavy atom. The third-order valence-corrected chi connectivity index (χ3v) is 5.21. The molecule has 1 atom stereocenters. The Labute approximate surface area is 166 Å². The number of thiocarbonyl (C=S) groups is 1. The third-order valence-electron chi connectivity index (χ3n) is 4.91. The van der Waals surface area contributed by atoms with Crippen LogP contribution in [0.2, 0.25) is 0 Å². The topological polar surface area (TPSA) is 35.6 Å². The van der Waals surface area contributed by atoms with E-state index in [0.29, 0.717) is 18.2 Å². The Morgan fingerprint density at radius 3 is 2.15 bits per heavy atom. The highest BCUT2D eigenvalue weighted by Gasteiger charge is 2.35. The zero-order valence-corrected chi connectivity index (χ0v) is 16.8. The number of rotatable bonds is 5. The molecular formula is C22H25N3OS. The van der Waals surface area contributed by atoms with Crippen molar-refractivity contribution in [3.05, 3.63) is 77.5 Å². The summed E-state index contributed by atoms with van der Waals surface area (Å²) in [6.45, 7) is 7.33. The average molecular weight is 380 g/mol. The van der Waals surface area contributed by atoms with E-state index in [4.69, 9.17) is 12.2 Å². The summed E-state index contributed by atoms with van der Waals surface area (Å²) in [6.07, 6.45) is 0. The first-order chi connectivity index (χ1) is 13.1. The zero-order valence-electron chi connectivity index (χ0n) is 16.0. The highest BCUT2D eigenvalue weighted by atomic mass is 32.1. The molecule has 140 valence electrons. The van der Waals surface area contributed by atoms with Gasteiger partial charge in [0, 0.05) is 24.5 Å². The lowest BCUT2D eigenvalue weighted by Gasteiger charge is -2.39. The van der Waals surface area contributed by atoms with Gasteiger partial charge in [0.15, 0.2) is 5.11 Å². The molecule has 5 heteroatoms. The summed E-state index contributed by atoms with van der Waals surface area (Å²) >= 11 is 5.68. The van der Waals surface area contributed by atoms with Crippen LogP contribution in [-0.2, 0) is 4.79 Å². The first kappa shape index (κ1) is 19.1. The number of para-hydroxylation sites is 1. The summed E-state index contributed by atoms with van der Waals surface area (Å²) in [5.41, 5.74) is 3.59. The number of nitrogens with one attached hydrogen (secondary N) is 1. The summed E-state index contributed by atoms with van der Waals surface area (Å²) in [5.74, 6) is 0.0438. The number of carbonyl (C=O) groups excluding carboxylic acids is 1. The molecule has 0 saturated heterocycles. The van der Waals surface area contributed by atoms with Gasteiger partial charge in [-0.2, -0.15) is 0 Å². The molecule has 1 amide bonds. The van der Waals surface area contributed by atoms with Crippen molar-refractivity contribution in [2.75, 3.05) is 18.0 Å². The van der Waals surface area contributed by atoms with Crippen molar-refractivity contribution < 1.29 is 4.79 Å². The second-order valence-electron chi connectivity index (χ2n) is 6.44. The molecular weight excluding hydrogens is 354 g/mol. The molecule has 1 heterocycles. The molecule has 0 saturated carbocycles. The van der Waals surface area contributed by atoms with Gasteiger partial charge in [-0.05, 0) is 50.7 Å². The van der Waals surface area contributed by atoms with Gasteiger partial charge < -0.3 is 10.2 Å². The second-order valence-corrected chi connectivity index (χ2v) is 6.83. The normalized spacial score (nSPS) is 16.9. The molecule has 0 radical (unpaired) electrons. The van der Waals surface area contributed by atoms with Crippen LogP contribution in [0.25, 0.3) is 0 Å². The molecule has 27 heavy (non-hydrogen) atoms. The van der Waals surface area contributed by atoms with E-state index >= 15 is 0 Å². The van der Waals surface area contributed by atoms with E-state index in [1.54, 1.807) is 0 Å². The summed E-state index contributed by atoms with van der Waals surface area (Å²) in [7, 11) is 0. The van der Waals surface area contributed by atoms with Gasteiger partial charge in [0.1, 0.15) is 0 Å². The minimum absolute atomic E-state index is 0.0438. The summed E-state index contributed by atoms with van der Waals surface area (Å²) in [5, 5.41) is 4.00. The van der Waals surface area contributed by atoms with Crippen molar-refractivity contribution >= 4 is 28.9 Å². The maximum Gasteiger partial charge on any atom is 0.253 e. The van der Waals surface area contributed by atoms with Gasteiger partial charge in [-0.15, -0.1) is 0 Å². The van der Waals surface area contributed by atoms with E-state index < -0.39 is 0 Å². The van der Waals surface area contributed by atoms with Crippen molar-refractivity contribution in [2.24, 2.45) is 0 Å². The van der Waals surface area contributed by atoms with Gasteiger partial charge in [-0.3, -0.25) is 9.69 Å². The molecule has 1 aliphatic rings. The predicted octanol–water partition coefficient (Wildman–Crippen LogP) is 4.26. The van der Waals surface area contributed by atoms with Crippen LogP contribution in [0.4, 0.5) is 5.69 Å². The highest BCUT2D eigenvalue weighted by Crippen LogP contribution is 2.34. The van der Waals surface area contributed by atoms with E-state index in [1.807, 2.05) is 91.2 Å². The Morgan fingerprint density at radius 2 is 1.59 bits per heavy atom. The number of hydrogen-bond donors (Lipinski definition) is 1. The maximum absolute atomic E-state index is 13.4. The molecule has 0 spiro atoms. The first-order valence-corrected chi connectivity index (χ1v) is 9.69. The van der Waals surface area contributed by atoms with Gasteiger partial charge in [-0.25, -0.2) is 0 Å². The van der Waals surface area contributed by atoms with Crippen LogP contribution in [-0.4, -0.2) is 29.0 Å². The van der Waals surface area contributed by atoms with Gasteiger partial charge in [-0.1, -0.05) is 48.5 Å². The van der Waals surface area contributed by atoms with Crippen LogP contribution in [0.5, 0.6) is 0 Å². The molecule has 0 aliphatic carbocycles. The van der Waals surface area contributed by atoms with E-state index in [1.165, 1.54) is 0 Å². The number of carbonyl (C=O) groups is 1. The van der Waals surface area contributed by atoms with E-state index in [-0.39, 0.29) is 11.9 Å². The van der Waals surface area contributed by atoms with E-state index in [2.05, 4.69) is 5.32 Å². The summed E-state index contributed by atoms with van der Waals surface area (Å²) in [6, 6.07) is 19.7. The lowest BCUT2D eigenvalue weighted by atomic mass is 9.93. The van der Waals surface area contributed by atoms with Crippen LogP contribution in [0, 0.1) is 0 Å². The van der Waals surface area contributed by atoms with Crippen molar-refractivity contribution in [1.29, 1.82) is 0 Å². The Kier molecular flexibility index (Phi) is 5.91. The van der Waals surface area contributed by atoms with Crippen LogP contribution < -0.4 is 10.2 Å². The quantitative estimate of drug-likeness (QED) is 0.787. The average Bonchev–Trinajstić information content (AvgIpc) is 2.70. The molecule has 0 unspecified atom stereocenters. The van der Waals surface area contributed by atoms with Crippen molar-refractivity contribution in [3.8, 4) is 0 Å². The van der Waals surface area contributed by atoms with Gasteiger partial charge in [0.2, 0.25) is 0 Å². The number of allylic oxidation sites excluding steroid dienone is 1. The third kappa shape index (κ3) is 3.74. The van der Waals surface area contributed by atoms with Crippen LogP contribution in [0.1, 0.15) is 32.4 Å². The Balaban J connectivity index is 2.15. The van der Waals surface area contributed by atoms with Crippen molar-refractivity contribution in [2.45, 2.75) is 26.8 Å². The zero-order chi connectivity index (χ0) is 19.4. The van der Waals surface area contributed by atoms with Gasteiger partial charge >= 0.3 is 0 Å². The summed E-state index contributed by atoms with van der Waals surface area (Å²) in [4.78, 5) is 17.2. The van der Waals surface area contributed by atoms with Crippen LogP contribution in [0.3, 0.4) is 0 Å². The molecule has 4 nitrogen and oxygen atoms in total. The minimum Gasteiger partial charge on any atom is -0.351 e. The number of anilines is 1. The predicted molar refractivity (Wildman–Crippen MR) is 114 cm³/mol. The van der Waals surface area contributed by atoms with Crippen LogP contribution >= 0.6 is 12.2 Å². The molecule has 3 rings (SSSR count). The van der Waals surface area contributed by atoms with E-state index in [0.717, 1.165) is 22.5 Å². The fraction of sp³-hybridized carbons (Fsp3) is 0.273. The molecule has 0 bridgehead atoms. The lowest BCUT2D eigenvalue weighted by Crippen LogP contribution is -2.50. The fourth-order valence-corrected chi connectivity index (χ4v) is 3.84. The molecule has 1 N–H and O–H groups in total. The van der Waals surface area contributed by atoms with Gasteiger partial charge in [0.25, 0.3) is 5.91 Å². The Bertz CT molecular complexity index is 844. The largest absolute Gasteiger partial charge is 0.351 e. The van der Waals surface area contributed by atoms with Crippen molar-refractivity contribution in [3.63, 3.8) is 0 Å². The monoisotopic (exact) mass is 379 g/mol. The lowest BCUT2D eigenvalue weighted by molar-refractivity contribution is -0.127. The van der Waals surface area contributed by atoms with E-state index in [9.17, 15) is 4.79 Å². The number of amides is 1.